The molecule has 0 fully saturated rings. The smallest absolute Gasteiger partial charge is 0.221 e. The van der Waals surface area contributed by atoms with Crippen LogP contribution in [0.2, 0.25) is 0 Å². The van der Waals surface area contributed by atoms with Gasteiger partial charge in [0.2, 0.25) is 5.91 Å². The lowest BCUT2D eigenvalue weighted by atomic mass is 10.1. The van der Waals surface area contributed by atoms with E-state index in [0.29, 0.717) is 6.17 Å². The Labute approximate surface area is 129 Å². The molecular weight excluding hydrogens is 262 g/mol. The van der Waals surface area contributed by atoms with Gasteiger partial charge in [0.05, 0.1) is 12.8 Å². The molecule has 4 nitrogen and oxygen atoms in total. The number of rotatable bonds is 10. The third-order valence-corrected chi connectivity index (χ3v) is 4.69. The van der Waals surface area contributed by atoms with Crippen molar-refractivity contribution < 1.29 is 9.28 Å². The number of carbonyl (C=O) groups is 1. The average Bonchev–Trinajstić information content (AvgIpc) is 2.86. The number of nitrogens with one attached hydrogen (secondary N) is 1. The number of amides is 1. The van der Waals surface area contributed by atoms with Gasteiger partial charge in [-0.1, -0.05) is 18.9 Å². The van der Waals surface area contributed by atoms with Gasteiger partial charge in [0.15, 0.2) is 12.3 Å². The number of hydrogen-bond acceptors (Lipinski definition) is 2. The molecular formula is C17H32N3O+. The fraction of sp³-hybridized carbons (Fsp3) is 0.765. The summed E-state index contributed by atoms with van der Waals surface area (Å²) >= 11 is 0. The number of quaternary nitrogens is 1. The molecule has 0 saturated carbocycles. The standard InChI is InChI=1S/C17H31N3O/c1-5-7-8-9-10-11-12-17-18-13-14-20(17,6-2)15(3)19-16(4)21/h5,13,15,17H,1,6-12,14H2,2-4H3/p+1. The summed E-state index contributed by atoms with van der Waals surface area (Å²) in [5, 5.41) is 3.07. The summed E-state index contributed by atoms with van der Waals surface area (Å²) in [4.78, 5) is 16.1. The third-order valence-electron chi connectivity index (χ3n) is 4.69. The van der Waals surface area contributed by atoms with Crippen LogP contribution in [0, 0.1) is 0 Å². The van der Waals surface area contributed by atoms with E-state index in [2.05, 4.69) is 25.7 Å². The van der Waals surface area contributed by atoms with E-state index in [9.17, 15) is 4.79 Å². The summed E-state index contributed by atoms with van der Waals surface area (Å²) in [6.45, 7) is 11.6. The molecule has 1 rings (SSSR count). The second-order valence-corrected chi connectivity index (χ2v) is 6.07. The average molecular weight is 294 g/mol. The summed E-state index contributed by atoms with van der Waals surface area (Å²) in [6.07, 6.45) is 11.7. The van der Waals surface area contributed by atoms with Crippen LogP contribution < -0.4 is 5.32 Å². The molecule has 0 bridgehead atoms. The summed E-state index contributed by atoms with van der Waals surface area (Å²) in [6, 6.07) is 0. The normalized spacial score (nSPS) is 25.8. The van der Waals surface area contributed by atoms with E-state index in [1.54, 1.807) is 6.92 Å². The highest BCUT2D eigenvalue weighted by Gasteiger charge is 2.42. The molecule has 21 heavy (non-hydrogen) atoms. The van der Waals surface area contributed by atoms with Crippen LogP contribution >= 0.6 is 0 Å². The topological polar surface area (TPSA) is 41.5 Å². The van der Waals surface area contributed by atoms with Crippen LogP contribution in [0.4, 0.5) is 0 Å². The molecule has 4 heteroatoms. The van der Waals surface area contributed by atoms with Crippen LogP contribution in [-0.2, 0) is 4.79 Å². The predicted octanol–water partition coefficient (Wildman–Crippen LogP) is 3.24. The molecule has 3 atom stereocenters. The van der Waals surface area contributed by atoms with Gasteiger partial charge in [-0.3, -0.25) is 9.28 Å². The third kappa shape index (κ3) is 4.95. The van der Waals surface area contributed by atoms with Gasteiger partial charge in [-0.25, -0.2) is 4.99 Å². The van der Waals surface area contributed by atoms with Crippen molar-refractivity contribution >= 4 is 12.1 Å². The summed E-state index contributed by atoms with van der Waals surface area (Å²) < 4.78 is 0.867. The predicted molar refractivity (Wildman–Crippen MR) is 89.1 cm³/mol. The fourth-order valence-electron chi connectivity index (χ4n) is 3.33. The Balaban J connectivity index is 2.48. The lowest BCUT2D eigenvalue weighted by Gasteiger charge is -2.42. The van der Waals surface area contributed by atoms with E-state index in [1.165, 1.54) is 25.7 Å². The summed E-state index contributed by atoms with van der Waals surface area (Å²) in [5.74, 6) is 0.0449. The zero-order chi connectivity index (χ0) is 15.7. The molecule has 1 heterocycles. The molecule has 0 aliphatic carbocycles. The number of carbonyl (C=O) groups excluding carboxylic acids is 1. The monoisotopic (exact) mass is 294 g/mol. The summed E-state index contributed by atoms with van der Waals surface area (Å²) in [7, 11) is 0. The Morgan fingerprint density at radius 2 is 2.19 bits per heavy atom. The SMILES string of the molecule is C=CCCCCCCC1N=CC[N+]1(CC)C(C)NC(C)=O. The van der Waals surface area contributed by atoms with Crippen molar-refractivity contribution in [1.82, 2.24) is 5.32 Å². The van der Waals surface area contributed by atoms with Crippen molar-refractivity contribution in [3.63, 3.8) is 0 Å². The van der Waals surface area contributed by atoms with Gasteiger partial charge in [-0.05, 0) is 26.2 Å². The molecule has 1 N–H and O–H groups in total. The fourth-order valence-corrected chi connectivity index (χ4v) is 3.33. The van der Waals surface area contributed by atoms with Crippen molar-refractivity contribution in [1.29, 1.82) is 0 Å². The van der Waals surface area contributed by atoms with E-state index in [-0.39, 0.29) is 12.1 Å². The van der Waals surface area contributed by atoms with Crippen LogP contribution in [0.3, 0.4) is 0 Å². The van der Waals surface area contributed by atoms with Gasteiger partial charge >= 0.3 is 0 Å². The van der Waals surface area contributed by atoms with Crippen molar-refractivity contribution in [2.75, 3.05) is 13.1 Å². The Morgan fingerprint density at radius 3 is 2.81 bits per heavy atom. The first-order valence-electron chi connectivity index (χ1n) is 8.33. The maximum absolute atomic E-state index is 11.4. The molecule has 3 unspecified atom stereocenters. The van der Waals surface area contributed by atoms with E-state index < -0.39 is 0 Å². The first kappa shape index (κ1) is 17.9. The first-order chi connectivity index (χ1) is 10.1. The number of unbranched alkanes of at least 4 members (excludes halogenated alkanes) is 4. The number of allylic oxidation sites excluding steroid dienone is 1. The highest BCUT2D eigenvalue weighted by molar-refractivity contribution is 5.73. The lowest BCUT2D eigenvalue weighted by molar-refractivity contribution is -0.959. The number of nitrogens with zero attached hydrogens (tertiary/aromatic N) is 2. The largest absolute Gasteiger partial charge is 0.307 e. The highest BCUT2D eigenvalue weighted by atomic mass is 16.1. The minimum absolute atomic E-state index is 0.0449. The quantitative estimate of drug-likeness (QED) is 0.375. The van der Waals surface area contributed by atoms with E-state index in [4.69, 9.17) is 4.99 Å². The maximum Gasteiger partial charge on any atom is 0.221 e. The molecule has 0 spiro atoms. The second kappa shape index (κ2) is 8.98. The van der Waals surface area contributed by atoms with Crippen LogP contribution in [0.5, 0.6) is 0 Å². The zero-order valence-electron chi connectivity index (χ0n) is 14.0. The molecule has 120 valence electrons. The Kier molecular flexibility index (Phi) is 7.65. The van der Waals surface area contributed by atoms with E-state index >= 15 is 0 Å². The van der Waals surface area contributed by atoms with Gasteiger partial charge in [0, 0.05) is 20.3 Å². The molecule has 1 aliphatic rings. The molecule has 1 amide bonds. The molecule has 1 aliphatic heterocycles. The molecule has 0 aromatic heterocycles. The van der Waals surface area contributed by atoms with Gasteiger partial charge in [-0.2, -0.15) is 0 Å². The van der Waals surface area contributed by atoms with Crippen molar-refractivity contribution in [3.8, 4) is 0 Å². The van der Waals surface area contributed by atoms with Crippen LogP contribution in [0.15, 0.2) is 17.6 Å². The van der Waals surface area contributed by atoms with Crippen molar-refractivity contribution in [3.05, 3.63) is 12.7 Å². The Bertz CT molecular complexity index is 367. The van der Waals surface area contributed by atoms with E-state index in [1.807, 2.05) is 12.3 Å². The number of hydrogen-bond donors (Lipinski definition) is 1. The molecule has 0 radical (unpaired) electrons. The Hall–Kier alpha value is -1.16. The zero-order valence-corrected chi connectivity index (χ0v) is 14.0. The molecule has 0 aromatic carbocycles. The Morgan fingerprint density at radius 1 is 1.48 bits per heavy atom. The summed E-state index contributed by atoms with van der Waals surface area (Å²) in [5.41, 5.74) is 0. The van der Waals surface area contributed by atoms with Gasteiger partial charge in [0.25, 0.3) is 0 Å². The highest BCUT2D eigenvalue weighted by Crippen LogP contribution is 2.26. The van der Waals surface area contributed by atoms with E-state index in [0.717, 1.165) is 30.4 Å². The van der Waals surface area contributed by atoms with Gasteiger partial charge in [0.1, 0.15) is 6.54 Å². The first-order valence-corrected chi connectivity index (χ1v) is 8.33. The lowest BCUT2D eigenvalue weighted by Crippen LogP contribution is -2.63. The maximum atomic E-state index is 11.4. The molecule has 0 saturated heterocycles. The number of aliphatic imine (C=N–C) groups is 1. The van der Waals surface area contributed by atoms with Crippen molar-refractivity contribution in [2.45, 2.75) is 71.6 Å². The minimum Gasteiger partial charge on any atom is -0.307 e. The van der Waals surface area contributed by atoms with Crippen LogP contribution in [-0.4, -0.2) is 42.0 Å². The molecule has 0 aromatic rings. The van der Waals surface area contributed by atoms with Crippen LogP contribution in [0.25, 0.3) is 0 Å². The van der Waals surface area contributed by atoms with Crippen LogP contribution in [0.1, 0.15) is 59.3 Å². The minimum atomic E-state index is 0.0449. The van der Waals surface area contributed by atoms with Gasteiger partial charge < -0.3 is 5.32 Å². The second-order valence-electron chi connectivity index (χ2n) is 6.07. The van der Waals surface area contributed by atoms with Gasteiger partial charge in [-0.15, -0.1) is 6.58 Å². The van der Waals surface area contributed by atoms with Crippen molar-refractivity contribution in [2.24, 2.45) is 4.99 Å².